The fourth-order valence-corrected chi connectivity index (χ4v) is 0.813. The average molecular weight is 262 g/mol. The van der Waals surface area contributed by atoms with E-state index in [-0.39, 0.29) is 25.2 Å². The summed E-state index contributed by atoms with van der Waals surface area (Å²) in [5, 5.41) is 10.6. The number of rotatable bonds is 6. The van der Waals surface area contributed by atoms with Crippen LogP contribution in [0, 0.1) is 0 Å². The first-order valence-corrected chi connectivity index (χ1v) is 6.19. The summed E-state index contributed by atoms with van der Waals surface area (Å²) in [5.74, 6) is -1.76. The fraction of sp³-hybridized carbons (Fsp3) is 0.750. The molecule has 0 aliphatic rings. The van der Waals surface area contributed by atoms with Gasteiger partial charge >= 0.3 is 5.97 Å². The van der Waals surface area contributed by atoms with Gasteiger partial charge in [-0.05, 0) is 6.92 Å². The topological polar surface area (TPSA) is 109 Å². The van der Waals surface area contributed by atoms with E-state index >= 15 is 0 Å². The van der Waals surface area contributed by atoms with E-state index in [4.69, 9.17) is 10.8 Å². The molecule has 1 unspecified atom stereocenters. The Labute approximate surface area is 109 Å². The summed E-state index contributed by atoms with van der Waals surface area (Å²) in [6.45, 7) is 9.34. The van der Waals surface area contributed by atoms with Gasteiger partial charge in [-0.1, -0.05) is 27.7 Å². The second-order valence-corrected chi connectivity index (χ2v) is 2.86. The van der Waals surface area contributed by atoms with Gasteiger partial charge in [-0.15, -0.1) is 0 Å². The maximum absolute atomic E-state index is 11.0. The summed E-state index contributed by atoms with van der Waals surface area (Å²) in [7, 11) is 0. The molecular formula is C12H26N2O4. The molecule has 0 spiro atoms. The number of nitrogens with two attached hydrogens (primary N) is 1. The number of Topliss-reactive ketones (excluding diaryl/α,β-unsaturated/α-hetero) is 1. The molecule has 0 fully saturated rings. The van der Waals surface area contributed by atoms with Gasteiger partial charge in [-0.3, -0.25) is 14.4 Å². The maximum Gasteiger partial charge on any atom is 0.303 e. The van der Waals surface area contributed by atoms with Crippen molar-refractivity contribution in [2.45, 2.75) is 53.5 Å². The molecule has 0 aliphatic carbocycles. The van der Waals surface area contributed by atoms with E-state index in [1.807, 2.05) is 27.7 Å². The second kappa shape index (κ2) is 15.6. The SMILES string of the molecule is CC.CC.CC(=O)C(CN)NC(=O)CCC(=O)O. The van der Waals surface area contributed by atoms with Crippen LogP contribution in [0.5, 0.6) is 0 Å². The van der Waals surface area contributed by atoms with Crippen LogP contribution >= 0.6 is 0 Å². The standard InChI is InChI=1S/C8H14N2O4.2C2H6/c1-5(11)6(4-9)10-7(12)2-3-8(13)14;2*1-2/h6H,2-4,9H2,1H3,(H,10,12)(H,13,14);2*1-2H3. The highest BCUT2D eigenvalue weighted by atomic mass is 16.4. The van der Waals surface area contributed by atoms with E-state index in [1.165, 1.54) is 6.92 Å². The summed E-state index contributed by atoms with van der Waals surface area (Å²) in [4.78, 5) is 32.0. The molecule has 0 radical (unpaired) electrons. The molecule has 0 rings (SSSR count). The molecule has 1 atom stereocenters. The van der Waals surface area contributed by atoms with Gasteiger partial charge in [0, 0.05) is 13.0 Å². The fourth-order valence-electron chi connectivity index (χ4n) is 0.813. The molecule has 0 bridgehead atoms. The minimum Gasteiger partial charge on any atom is -0.481 e. The summed E-state index contributed by atoms with van der Waals surface area (Å²) in [5.41, 5.74) is 5.23. The number of carboxylic acid groups (broad SMARTS) is 1. The highest BCUT2D eigenvalue weighted by molar-refractivity contribution is 5.88. The lowest BCUT2D eigenvalue weighted by molar-refractivity contribution is -0.139. The third kappa shape index (κ3) is 14.6. The Morgan fingerprint density at radius 1 is 1.11 bits per heavy atom. The quantitative estimate of drug-likeness (QED) is 0.660. The van der Waals surface area contributed by atoms with Gasteiger partial charge in [0.15, 0.2) is 5.78 Å². The van der Waals surface area contributed by atoms with Crippen molar-refractivity contribution in [3.63, 3.8) is 0 Å². The normalized spacial score (nSPS) is 9.89. The first-order valence-electron chi connectivity index (χ1n) is 6.19. The van der Waals surface area contributed by atoms with Crippen LogP contribution < -0.4 is 11.1 Å². The molecule has 0 heterocycles. The molecule has 6 heteroatoms. The van der Waals surface area contributed by atoms with E-state index < -0.39 is 17.9 Å². The summed E-state index contributed by atoms with van der Waals surface area (Å²) in [6.07, 6.45) is -0.389. The Balaban J connectivity index is -0.000000506. The number of ketones is 1. The zero-order chi connectivity index (χ0) is 15.1. The molecule has 0 saturated carbocycles. The monoisotopic (exact) mass is 262 g/mol. The van der Waals surface area contributed by atoms with Crippen molar-refractivity contribution in [1.82, 2.24) is 5.32 Å². The number of amides is 1. The predicted octanol–water partition coefficient (Wildman–Crippen LogP) is 0.936. The van der Waals surface area contributed by atoms with Gasteiger partial charge in [-0.25, -0.2) is 0 Å². The van der Waals surface area contributed by atoms with Gasteiger partial charge < -0.3 is 16.2 Å². The van der Waals surface area contributed by atoms with Crippen LogP contribution in [-0.4, -0.2) is 35.4 Å². The van der Waals surface area contributed by atoms with E-state index in [2.05, 4.69) is 5.32 Å². The van der Waals surface area contributed by atoms with Crippen molar-refractivity contribution in [2.75, 3.05) is 6.54 Å². The third-order valence-electron chi connectivity index (χ3n) is 1.63. The third-order valence-corrected chi connectivity index (χ3v) is 1.63. The van der Waals surface area contributed by atoms with Crippen LogP contribution in [0.2, 0.25) is 0 Å². The van der Waals surface area contributed by atoms with Gasteiger partial charge in [0.25, 0.3) is 0 Å². The van der Waals surface area contributed by atoms with Gasteiger partial charge in [0.1, 0.15) is 0 Å². The number of carbonyl (C=O) groups is 3. The number of hydrogen-bond donors (Lipinski definition) is 3. The molecule has 0 aromatic rings. The number of carbonyl (C=O) groups excluding carboxylic acids is 2. The summed E-state index contributed by atoms with van der Waals surface area (Å²) >= 11 is 0. The Morgan fingerprint density at radius 3 is 1.83 bits per heavy atom. The zero-order valence-corrected chi connectivity index (χ0v) is 11.9. The highest BCUT2D eigenvalue weighted by Crippen LogP contribution is 1.91. The molecule has 0 aliphatic heterocycles. The molecule has 0 aromatic heterocycles. The Bertz CT molecular complexity index is 242. The van der Waals surface area contributed by atoms with Gasteiger partial charge in [-0.2, -0.15) is 0 Å². The van der Waals surface area contributed by atoms with E-state index in [0.29, 0.717) is 0 Å². The van der Waals surface area contributed by atoms with Crippen LogP contribution in [0.25, 0.3) is 0 Å². The van der Waals surface area contributed by atoms with Crippen LogP contribution in [0.15, 0.2) is 0 Å². The van der Waals surface area contributed by atoms with Crippen molar-refractivity contribution in [2.24, 2.45) is 5.73 Å². The van der Waals surface area contributed by atoms with Crippen molar-refractivity contribution in [3.8, 4) is 0 Å². The van der Waals surface area contributed by atoms with Gasteiger partial charge in [0.05, 0.1) is 12.5 Å². The first kappa shape index (κ1) is 21.8. The second-order valence-electron chi connectivity index (χ2n) is 2.86. The molecule has 4 N–H and O–H groups in total. The van der Waals surface area contributed by atoms with Crippen LogP contribution in [0.3, 0.4) is 0 Å². The summed E-state index contributed by atoms with van der Waals surface area (Å²) in [6, 6.07) is -0.712. The molecule has 0 aromatic carbocycles. The number of carboxylic acids is 1. The smallest absolute Gasteiger partial charge is 0.303 e. The predicted molar refractivity (Wildman–Crippen MR) is 71.2 cm³/mol. The van der Waals surface area contributed by atoms with E-state index in [9.17, 15) is 14.4 Å². The Morgan fingerprint density at radius 2 is 1.56 bits per heavy atom. The first-order chi connectivity index (χ1) is 8.47. The van der Waals surface area contributed by atoms with Crippen molar-refractivity contribution >= 4 is 17.7 Å². The lowest BCUT2D eigenvalue weighted by atomic mass is 10.2. The average Bonchev–Trinajstić information content (AvgIpc) is 2.37. The number of aliphatic carboxylic acids is 1. The maximum atomic E-state index is 11.0. The van der Waals surface area contributed by atoms with E-state index in [0.717, 1.165) is 0 Å². The summed E-state index contributed by atoms with van der Waals surface area (Å²) < 4.78 is 0. The Kier molecular flexibility index (Phi) is 18.9. The van der Waals surface area contributed by atoms with E-state index in [1.54, 1.807) is 0 Å². The lowest BCUT2D eigenvalue weighted by Gasteiger charge is -2.12. The molecule has 0 saturated heterocycles. The molecular weight excluding hydrogens is 236 g/mol. The van der Waals surface area contributed by atoms with Crippen LogP contribution in [-0.2, 0) is 14.4 Å². The zero-order valence-electron chi connectivity index (χ0n) is 11.9. The minimum atomic E-state index is -1.05. The molecule has 108 valence electrons. The van der Waals surface area contributed by atoms with Crippen molar-refractivity contribution in [3.05, 3.63) is 0 Å². The minimum absolute atomic E-state index is 0.0220. The molecule has 18 heavy (non-hydrogen) atoms. The van der Waals surface area contributed by atoms with Crippen molar-refractivity contribution in [1.29, 1.82) is 0 Å². The van der Waals surface area contributed by atoms with Gasteiger partial charge in [0.2, 0.25) is 5.91 Å². The van der Waals surface area contributed by atoms with Crippen LogP contribution in [0.4, 0.5) is 0 Å². The highest BCUT2D eigenvalue weighted by Gasteiger charge is 2.15. The molecule has 6 nitrogen and oxygen atoms in total. The molecule has 1 amide bonds. The largest absolute Gasteiger partial charge is 0.481 e. The Hall–Kier alpha value is -1.43. The van der Waals surface area contributed by atoms with Crippen molar-refractivity contribution < 1.29 is 19.5 Å². The van der Waals surface area contributed by atoms with Crippen LogP contribution in [0.1, 0.15) is 47.5 Å². The number of nitrogens with one attached hydrogen (secondary N) is 1. The lowest BCUT2D eigenvalue weighted by Crippen LogP contribution is -2.44. The number of hydrogen-bond acceptors (Lipinski definition) is 4.